The first-order valence-corrected chi connectivity index (χ1v) is 14.7. The normalized spacial score (nSPS) is 21.2. The van der Waals surface area contributed by atoms with Crippen LogP contribution in [0, 0.1) is 6.92 Å². The molecule has 0 aliphatic carbocycles. The van der Waals surface area contributed by atoms with Gasteiger partial charge >= 0.3 is 6.18 Å². The Labute approximate surface area is 245 Å². The maximum absolute atomic E-state index is 14.0. The Morgan fingerprint density at radius 2 is 1.67 bits per heavy atom. The second-order valence-electron chi connectivity index (χ2n) is 11.5. The lowest BCUT2D eigenvalue weighted by molar-refractivity contribution is -0.138. The van der Waals surface area contributed by atoms with Gasteiger partial charge in [-0.3, -0.25) is 9.74 Å². The van der Waals surface area contributed by atoms with E-state index in [4.69, 9.17) is 4.84 Å². The molecule has 11 heteroatoms. The number of nitrogens with zero attached hydrogens (tertiary/aromatic N) is 6. The Morgan fingerprint density at radius 3 is 2.36 bits per heavy atom. The minimum atomic E-state index is -4.63. The van der Waals surface area contributed by atoms with E-state index in [-0.39, 0.29) is 17.8 Å². The van der Waals surface area contributed by atoms with Crippen molar-refractivity contribution >= 4 is 23.1 Å². The number of piperidine rings is 1. The first kappa shape index (κ1) is 28.7. The van der Waals surface area contributed by atoms with Crippen molar-refractivity contribution in [3.63, 3.8) is 0 Å². The van der Waals surface area contributed by atoms with Crippen molar-refractivity contribution in [2.24, 2.45) is 0 Å². The number of alkyl halides is 3. The second kappa shape index (κ2) is 12.1. The molecule has 0 bridgehead atoms. The third kappa shape index (κ3) is 6.18. The number of aryl methyl sites for hydroxylation is 1. The number of hydroxylamine groups is 1. The Morgan fingerprint density at radius 1 is 0.929 bits per heavy atom. The summed E-state index contributed by atoms with van der Waals surface area (Å²) in [4.78, 5) is 21.5. The molecule has 0 amide bonds. The first-order chi connectivity index (χ1) is 20.3. The van der Waals surface area contributed by atoms with E-state index in [9.17, 15) is 13.2 Å². The van der Waals surface area contributed by atoms with Crippen LogP contribution in [0.3, 0.4) is 0 Å². The van der Waals surface area contributed by atoms with Crippen LogP contribution in [0.25, 0.3) is 0 Å². The first-order valence-electron chi connectivity index (χ1n) is 14.7. The van der Waals surface area contributed by atoms with E-state index in [0.29, 0.717) is 19.1 Å². The molecule has 3 saturated heterocycles. The highest BCUT2D eigenvalue weighted by Crippen LogP contribution is 2.42. The quantitative estimate of drug-likeness (QED) is 0.401. The van der Waals surface area contributed by atoms with Gasteiger partial charge in [0.2, 0.25) is 5.95 Å². The van der Waals surface area contributed by atoms with Crippen molar-refractivity contribution in [2.75, 3.05) is 68.2 Å². The standard InChI is InChI=1S/C31H38F3N7O/c1-22-20-24(8-9-27(22)40-13-10-25(11-14-40)39-17-15-38(2)16-18-39)36-30-35-21-26(31(32,33)34)29(37-30)41-28(12-19-42-41)23-6-4-3-5-7-23/h3-9,20-21,25,28H,10-19H2,1-2H3,(H,35,36,37)/t28-/m0/s1. The number of hydrogen-bond donors (Lipinski definition) is 1. The molecule has 2 aromatic carbocycles. The van der Waals surface area contributed by atoms with Crippen molar-refractivity contribution in [3.05, 3.63) is 71.4 Å². The second-order valence-corrected chi connectivity index (χ2v) is 11.5. The summed E-state index contributed by atoms with van der Waals surface area (Å²) in [7, 11) is 2.19. The van der Waals surface area contributed by atoms with Crippen LogP contribution in [0.1, 0.15) is 42.0 Å². The third-order valence-corrected chi connectivity index (χ3v) is 8.68. The van der Waals surface area contributed by atoms with Gasteiger partial charge in [-0.15, -0.1) is 0 Å². The Kier molecular flexibility index (Phi) is 8.24. The van der Waals surface area contributed by atoms with E-state index >= 15 is 0 Å². The van der Waals surface area contributed by atoms with Crippen LogP contribution in [-0.2, 0) is 11.0 Å². The van der Waals surface area contributed by atoms with Gasteiger partial charge in [0.05, 0.1) is 12.6 Å². The van der Waals surface area contributed by atoms with E-state index in [2.05, 4.69) is 50.0 Å². The number of anilines is 4. The summed E-state index contributed by atoms with van der Waals surface area (Å²) in [6, 6.07) is 15.7. The molecule has 6 rings (SSSR count). The molecule has 1 aromatic heterocycles. The highest BCUT2D eigenvalue weighted by atomic mass is 19.4. The van der Waals surface area contributed by atoms with Crippen molar-refractivity contribution < 1.29 is 18.0 Å². The average molecular weight is 582 g/mol. The predicted octanol–water partition coefficient (Wildman–Crippen LogP) is 5.65. The number of nitrogens with one attached hydrogen (secondary N) is 1. The van der Waals surface area contributed by atoms with E-state index < -0.39 is 11.7 Å². The fourth-order valence-electron chi connectivity index (χ4n) is 6.33. The Hall–Kier alpha value is -3.41. The lowest BCUT2D eigenvalue weighted by atomic mass is 10.0. The summed E-state index contributed by atoms with van der Waals surface area (Å²) in [5, 5.41) is 4.41. The molecule has 0 saturated carbocycles. The van der Waals surface area contributed by atoms with Gasteiger partial charge in [-0.2, -0.15) is 18.2 Å². The summed E-state index contributed by atoms with van der Waals surface area (Å²) in [6.07, 6.45) is -0.944. The lowest BCUT2D eigenvalue weighted by Gasteiger charge is -2.43. The molecule has 1 atom stereocenters. The summed E-state index contributed by atoms with van der Waals surface area (Å²) < 4.78 is 42.1. The molecular weight excluding hydrogens is 543 g/mol. The number of aromatic nitrogens is 2. The van der Waals surface area contributed by atoms with Crippen LogP contribution >= 0.6 is 0 Å². The minimum absolute atomic E-state index is 0.0838. The number of halogens is 3. The fraction of sp³-hybridized carbons (Fsp3) is 0.484. The van der Waals surface area contributed by atoms with Crippen LogP contribution in [0.2, 0.25) is 0 Å². The van der Waals surface area contributed by atoms with Crippen LogP contribution in [-0.4, -0.2) is 78.7 Å². The van der Waals surface area contributed by atoms with Gasteiger partial charge in [-0.1, -0.05) is 30.3 Å². The van der Waals surface area contributed by atoms with E-state index in [1.54, 1.807) is 0 Å². The van der Waals surface area contributed by atoms with Gasteiger partial charge in [0.1, 0.15) is 5.56 Å². The van der Waals surface area contributed by atoms with Gasteiger partial charge in [0, 0.05) is 69.3 Å². The molecule has 0 spiro atoms. The topological polar surface area (TPSA) is 60.0 Å². The molecule has 8 nitrogen and oxygen atoms in total. The van der Waals surface area contributed by atoms with Gasteiger partial charge in [-0.25, -0.2) is 10.0 Å². The zero-order valence-corrected chi connectivity index (χ0v) is 24.1. The molecule has 3 fully saturated rings. The van der Waals surface area contributed by atoms with Gasteiger partial charge in [-0.05, 0) is 56.1 Å². The van der Waals surface area contributed by atoms with Gasteiger partial charge in [0.25, 0.3) is 0 Å². The molecular formula is C31H38F3N7O. The van der Waals surface area contributed by atoms with Crippen LogP contribution < -0.4 is 15.3 Å². The van der Waals surface area contributed by atoms with Crippen LogP contribution in [0.15, 0.2) is 54.7 Å². The number of piperazine rings is 1. The summed E-state index contributed by atoms with van der Waals surface area (Å²) in [5.74, 6) is -0.205. The molecule has 0 radical (unpaired) electrons. The summed E-state index contributed by atoms with van der Waals surface area (Å²) >= 11 is 0. The maximum Gasteiger partial charge on any atom is 0.421 e. The summed E-state index contributed by atoms with van der Waals surface area (Å²) in [6.45, 7) is 8.94. The summed E-state index contributed by atoms with van der Waals surface area (Å²) in [5.41, 5.74) is 2.94. The predicted molar refractivity (Wildman–Crippen MR) is 158 cm³/mol. The van der Waals surface area contributed by atoms with Crippen LogP contribution in [0.5, 0.6) is 0 Å². The van der Waals surface area contributed by atoms with Crippen molar-refractivity contribution in [2.45, 2.75) is 44.4 Å². The molecule has 1 N–H and O–H groups in total. The zero-order chi connectivity index (χ0) is 29.3. The number of rotatable bonds is 6. The molecule has 4 heterocycles. The highest BCUT2D eigenvalue weighted by Gasteiger charge is 2.40. The molecule has 0 unspecified atom stereocenters. The number of hydrogen-bond acceptors (Lipinski definition) is 8. The van der Waals surface area contributed by atoms with E-state index in [1.165, 1.54) is 10.8 Å². The smallest absolute Gasteiger partial charge is 0.371 e. The molecule has 3 aliphatic rings. The van der Waals surface area contributed by atoms with Crippen molar-refractivity contribution in [3.8, 4) is 0 Å². The van der Waals surface area contributed by atoms with Crippen molar-refractivity contribution in [1.82, 2.24) is 19.8 Å². The SMILES string of the molecule is Cc1cc(Nc2ncc(C(F)(F)F)c(N3OCC[C@H]3c3ccccc3)n2)ccc1N1CCC(N2CCN(C)CC2)CC1. The van der Waals surface area contributed by atoms with Gasteiger partial charge in [0.15, 0.2) is 5.82 Å². The maximum atomic E-state index is 14.0. The van der Waals surface area contributed by atoms with E-state index in [1.807, 2.05) is 42.5 Å². The van der Waals surface area contributed by atoms with Crippen molar-refractivity contribution in [1.29, 1.82) is 0 Å². The molecule has 3 aliphatic heterocycles. The van der Waals surface area contributed by atoms with Gasteiger partial charge < -0.3 is 15.1 Å². The van der Waals surface area contributed by atoms with Crippen LogP contribution in [0.4, 0.5) is 36.3 Å². The zero-order valence-electron chi connectivity index (χ0n) is 24.1. The molecule has 42 heavy (non-hydrogen) atoms. The number of benzene rings is 2. The lowest BCUT2D eigenvalue weighted by Crippen LogP contribution is -2.52. The fourth-order valence-corrected chi connectivity index (χ4v) is 6.33. The molecule has 3 aromatic rings. The van der Waals surface area contributed by atoms with E-state index in [0.717, 1.165) is 75.1 Å². The largest absolute Gasteiger partial charge is 0.421 e. The monoisotopic (exact) mass is 581 g/mol. The average Bonchev–Trinajstić information content (AvgIpc) is 3.48. The minimum Gasteiger partial charge on any atom is -0.371 e. The third-order valence-electron chi connectivity index (χ3n) is 8.68. The molecule has 224 valence electrons. The Bertz CT molecular complexity index is 1360. The Balaban J connectivity index is 1.17. The number of likely N-dealkylation sites (N-methyl/N-ethyl adjacent to an activating group) is 1. The highest BCUT2D eigenvalue weighted by molar-refractivity contribution is 5.64.